The highest BCUT2D eigenvalue weighted by Crippen LogP contribution is 2.31. The zero-order valence-electron chi connectivity index (χ0n) is 16.0. The van der Waals surface area contributed by atoms with Gasteiger partial charge in [0.2, 0.25) is 0 Å². The van der Waals surface area contributed by atoms with E-state index in [1.54, 1.807) is 7.11 Å². The predicted octanol–water partition coefficient (Wildman–Crippen LogP) is 2.85. The number of benzene rings is 1. The third kappa shape index (κ3) is 3.78. The zero-order chi connectivity index (χ0) is 18.1. The van der Waals surface area contributed by atoms with E-state index in [2.05, 4.69) is 38.5 Å². The molecule has 1 atom stereocenters. The molecule has 1 fully saturated rings. The maximum atomic E-state index is 5.60. The molecular formula is C20H26ClN5O. The molecule has 0 spiro atoms. The monoisotopic (exact) mass is 387 g/mol. The van der Waals surface area contributed by atoms with Crippen LogP contribution >= 0.6 is 12.4 Å². The van der Waals surface area contributed by atoms with Gasteiger partial charge in [-0.2, -0.15) is 5.10 Å². The van der Waals surface area contributed by atoms with Crippen LogP contribution in [0.5, 0.6) is 5.75 Å². The quantitative estimate of drug-likeness (QED) is 0.746. The number of ether oxygens (including phenoxy) is 1. The van der Waals surface area contributed by atoms with E-state index in [4.69, 9.17) is 4.74 Å². The van der Waals surface area contributed by atoms with E-state index in [1.165, 1.54) is 11.1 Å². The Kier molecular flexibility index (Phi) is 5.99. The van der Waals surface area contributed by atoms with Crippen molar-refractivity contribution in [1.29, 1.82) is 0 Å². The van der Waals surface area contributed by atoms with Gasteiger partial charge in [0.15, 0.2) is 5.65 Å². The minimum atomic E-state index is 0. The molecule has 0 radical (unpaired) electrons. The Balaban J connectivity index is 0.00000210. The molecule has 1 aliphatic rings. The third-order valence-electron chi connectivity index (χ3n) is 5.16. The summed E-state index contributed by atoms with van der Waals surface area (Å²) in [5.74, 6) is 0.947. The Labute approximate surface area is 165 Å². The van der Waals surface area contributed by atoms with Crippen LogP contribution < -0.4 is 10.1 Å². The fraction of sp³-hybridized carbons (Fsp3) is 0.400. The number of hydrogen-bond acceptors (Lipinski definition) is 5. The molecule has 27 heavy (non-hydrogen) atoms. The summed E-state index contributed by atoms with van der Waals surface area (Å²) in [6.07, 6.45) is 1.98. The summed E-state index contributed by atoms with van der Waals surface area (Å²) < 4.78 is 7.44. The molecule has 3 heterocycles. The molecule has 1 aromatic carbocycles. The Hall–Kier alpha value is -2.15. The molecule has 4 rings (SSSR count). The molecule has 0 amide bonds. The van der Waals surface area contributed by atoms with E-state index < -0.39 is 0 Å². The van der Waals surface area contributed by atoms with Crippen LogP contribution in [0, 0.1) is 6.92 Å². The van der Waals surface area contributed by atoms with Gasteiger partial charge in [-0.15, -0.1) is 12.4 Å². The average molecular weight is 388 g/mol. The van der Waals surface area contributed by atoms with Gasteiger partial charge < -0.3 is 10.1 Å². The molecular weight excluding hydrogens is 362 g/mol. The normalized spacial score (nSPS) is 17.7. The molecule has 1 saturated heterocycles. The Bertz CT molecular complexity index is 926. The van der Waals surface area contributed by atoms with E-state index in [1.807, 2.05) is 37.0 Å². The smallest absolute Gasteiger partial charge is 0.157 e. The predicted molar refractivity (Wildman–Crippen MR) is 110 cm³/mol. The van der Waals surface area contributed by atoms with Crippen LogP contribution in [0.25, 0.3) is 11.0 Å². The largest absolute Gasteiger partial charge is 0.496 e. The summed E-state index contributed by atoms with van der Waals surface area (Å²) in [6, 6.07) is 10.8. The van der Waals surface area contributed by atoms with E-state index in [9.17, 15) is 0 Å². The highest BCUT2D eigenvalue weighted by molar-refractivity contribution is 5.85. The van der Waals surface area contributed by atoms with Crippen molar-refractivity contribution in [2.24, 2.45) is 7.05 Å². The highest BCUT2D eigenvalue weighted by atomic mass is 35.5. The van der Waals surface area contributed by atoms with Crippen molar-refractivity contribution in [3.63, 3.8) is 0 Å². The van der Waals surface area contributed by atoms with E-state index in [0.29, 0.717) is 0 Å². The van der Waals surface area contributed by atoms with Gasteiger partial charge in [-0.3, -0.25) is 9.58 Å². The van der Waals surface area contributed by atoms with Crippen LogP contribution in [0.4, 0.5) is 0 Å². The first-order chi connectivity index (χ1) is 12.7. The lowest BCUT2D eigenvalue weighted by atomic mass is 10.0. The first-order valence-corrected chi connectivity index (χ1v) is 9.03. The molecule has 3 aromatic rings. The second-order valence-electron chi connectivity index (χ2n) is 6.86. The van der Waals surface area contributed by atoms with Crippen LogP contribution in [0.1, 0.15) is 22.9 Å². The molecule has 1 unspecified atom stereocenters. The highest BCUT2D eigenvalue weighted by Gasteiger charge is 2.26. The van der Waals surface area contributed by atoms with Gasteiger partial charge in [0.25, 0.3) is 0 Å². The number of para-hydroxylation sites is 1. The van der Waals surface area contributed by atoms with Crippen molar-refractivity contribution in [3.8, 4) is 5.75 Å². The van der Waals surface area contributed by atoms with Crippen molar-refractivity contribution in [1.82, 2.24) is 25.0 Å². The van der Waals surface area contributed by atoms with Crippen LogP contribution in [0.15, 0.2) is 36.5 Å². The molecule has 0 bridgehead atoms. The number of methoxy groups -OCH3 is 1. The van der Waals surface area contributed by atoms with Gasteiger partial charge in [-0.05, 0) is 24.6 Å². The summed E-state index contributed by atoms with van der Waals surface area (Å²) in [4.78, 5) is 7.13. The van der Waals surface area contributed by atoms with E-state index in [0.717, 1.165) is 48.7 Å². The zero-order valence-corrected chi connectivity index (χ0v) is 16.8. The number of nitrogens with zero attached hydrogens (tertiary/aromatic N) is 4. The van der Waals surface area contributed by atoms with Gasteiger partial charge in [0.05, 0.1) is 18.8 Å². The molecule has 0 saturated carbocycles. The molecule has 2 aromatic heterocycles. The van der Waals surface area contributed by atoms with Crippen LogP contribution in [-0.2, 0) is 13.6 Å². The van der Waals surface area contributed by atoms with Crippen LogP contribution in [-0.4, -0.2) is 46.4 Å². The number of rotatable bonds is 4. The average Bonchev–Trinajstić information content (AvgIpc) is 2.96. The molecule has 1 aliphatic heterocycles. The Morgan fingerprint density at radius 2 is 2.11 bits per heavy atom. The summed E-state index contributed by atoms with van der Waals surface area (Å²) in [5, 5.41) is 9.13. The summed E-state index contributed by atoms with van der Waals surface area (Å²) in [5.41, 5.74) is 4.41. The first-order valence-electron chi connectivity index (χ1n) is 9.03. The van der Waals surface area contributed by atoms with E-state index in [-0.39, 0.29) is 18.4 Å². The molecule has 7 heteroatoms. The van der Waals surface area contributed by atoms with Crippen LogP contribution in [0.2, 0.25) is 0 Å². The third-order valence-corrected chi connectivity index (χ3v) is 5.16. The number of aromatic nitrogens is 3. The lowest BCUT2D eigenvalue weighted by Crippen LogP contribution is -2.45. The standard InChI is InChI=1S/C20H25N5O.ClH/c1-14-17-10-15(11-22-20(17)24(2)23-14)13-25-9-8-21-12-18(25)16-6-4-5-7-19(16)26-3;/h4-7,10-11,18,21H,8-9,12-13H2,1-3H3;1H. The van der Waals surface area contributed by atoms with E-state index >= 15 is 0 Å². The van der Waals surface area contributed by atoms with Crippen molar-refractivity contribution < 1.29 is 4.74 Å². The summed E-state index contributed by atoms with van der Waals surface area (Å²) in [7, 11) is 3.68. The van der Waals surface area contributed by atoms with Gasteiger partial charge in [0.1, 0.15) is 5.75 Å². The number of hydrogen-bond donors (Lipinski definition) is 1. The number of piperazine rings is 1. The molecule has 144 valence electrons. The fourth-order valence-corrected chi connectivity index (χ4v) is 3.86. The number of halogens is 1. The molecule has 0 aliphatic carbocycles. The summed E-state index contributed by atoms with van der Waals surface area (Å²) in [6.45, 7) is 5.81. The minimum absolute atomic E-state index is 0. The number of aryl methyl sites for hydroxylation is 2. The van der Waals surface area contributed by atoms with Gasteiger partial charge >= 0.3 is 0 Å². The van der Waals surface area contributed by atoms with Crippen molar-refractivity contribution in [3.05, 3.63) is 53.3 Å². The van der Waals surface area contributed by atoms with Gasteiger partial charge in [-0.1, -0.05) is 18.2 Å². The maximum Gasteiger partial charge on any atom is 0.157 e. The van der Waals surface area contributed by atoms with Crippen molar-refractivity contribution >= 4 is 23.4 Å². The van der Waals surface area contributed by atoms with Crippen LogP contribution in [0.3, 0.4) is 0 Å². The lowest BCUT2D eigenvalue weighted by molar-refractivity contribution is 0.151. The second-order valence-corrected chi connectivity index (χ2v) is 6.86. The van der Waals surface area contributed by atoms with Crippen molar-refractivity contribution in [2.45, 2.75) is 19.5 Å². The van der Waals surface area contributed by atoms with Gasteiger partial charge in [0, 0.05) is 50.4 Å². The summed E-state index contributed by atoms with van der Waals surface area (Å²) >= 11 is 0. The topological polar surface area (TPSA) is 55.2 Å². The first kappa shape index (κ1) is 19.6. The van der Waals surface area contributed by atoms with Gasteiger partial charge in [-0.25, -0.2) is 4.98 Å². The Morgan fingerprint density at radius 1 is 1.30 bits per heavy atom. The van der Waals surface area contributed by atoms with Crippen molar-refractivity contribution in [2.75, 3.05) is 26.7 Å². The minimum Gasteiger partial charge on any atom is -0.496 e. The molecule has 6 nitrogen and oxygen atoms in total. The fourth-order valence-electron chi connectivity index (χ4n) is 3.86. The lowest BCUT2D eigenvalue weighted by Gasteiger charge is -2.37. The SMILES string of the molecule is COc1ccccc1C1CNCCN1Cc1cnc2c(c1)c(C)nn2C.Cl. The second kappa shape index (κ2) is 8.25. The number of fused-ring (bicyclic) bond motifs is 1. The number of pyridine rings is 1. The Morgan fingerprint density at radius 3 is 2.93 bits per heavy atom. The maximum absolute atomic E-state index is 5.60. The molecule has 1 N–H and O–H groups in total. The number of nitrogens with one attached hydrogen (secondary N) is 1.